The zero-order chi connectivity index (χ0) is 20.2. The highest BCUT2D eigenvalue weighted by molar-refractivity contribution is 6.21. The number of pyridine rings is 2. The van der Waals surface area contributed by atoms with Gasteiger partial charge in [0.15, 0.2) is 0 Å². The van der Waals surface area contributed by atoms with Crippen LogP contribution in [-0.2, 0) is 0 Å². The molecule has 0 bridgehead atoms. The van der Waals surface area contributed by atoms with E-state index in [-0.39, 0.29) is 0 Å². The van der Waals surface area contributed by atoms with E-state index in [1.807, 2.05) is 60.7 Å². The lowest BCUT2D eigenvalue weighted by Crippen LogP contribution is -1.95. The summed E-state index contributed by atoms with van der Waals surface area (Å²) in [6.45, 7) is 0. The van der Waals surface area contributed by atoms with Crippen LogP contribution in [0.5, 0.6) is 0 Å². The van der Waals surface area contributed by atoms with Crippen LogP contribution in [-0.4, -0.2) is 19.9 Å². The molecule has 0 amide bonds. The Morgan fingerprint density at radius 3 is 1.80 bits per heavy atom. The molecule has 6 heteroatoms. The monoisotopic (exact) mass is 388 g/mol. The first kappa shape index (κ1) is 16.6. The van der Waals surface area contributed by atoms with E-state index in [0.717, 1.165) is 55.0 Å². The summed E-state index contributed by atoms with van der Waals surface area (Å²) >= 11 is 0. The number of anilines is 2. The predicted molar refractivity (Wildman–Crippen MR) is 122 cm³/mol. The number of rotatable bonds is 1. The van der Waals surface area contributed by atoms with Gasteiger partial charge in [-0.05, 0) is 59.7 Å². The van der Waals surface area contributed by atoms with Gasteiger partial charge in [-0.1, -0.05) is 12.1 Å². The molecular formula is C24H16N6. The fourth-order valence-corrected chi connectivity index (χ4v) is 3.93. The quantitative estimate of drug-likeness (QED) is 0.240. The zero-order valence-electron chi connectivity index (χ0n) is 15.9. The average molecular weight is 388 g/mol. The highest BCUT2D eigenvalue weighted by Gasteiger charge is 2.14. The van der Waals surface area contributed by atoms with Crippen LogP contribution >= 0.6 is 0 Å². The third-order valence-corrected chi connectivity index (χ3v) is 5.43. The molecule has 0 radical (unpaired) electrons. The van der Waals surface area contributed by atoms with Gasteiger partial charge in [0.25, 0.3) is 0 Å². The van der Waals surface area contributed by atoms with E-state index in [0.29, 0.717) is 11.4 Å². The highest BCUT2D eigenvalue weighted by Crippen LogP contribution is 2.33. The van der Waals surface area contributed by atoms with Crippen LogP contribution in [0.4, 0.5) is 11.4 Å². The van der Waals surface area contributed by atoms with E-state index >= 15 is 0 Å². The molecule has 0 aliphatic carbocycles. The summed E-state index contributed by atoms with van der Waals surface area (Å²) in [5, 5.41) is 1.89. The van der Waals surface area contributed by atoms with Crippen LogP contribution in [0, 0.1) is 0 Å². The van der Waals surface area contributed by atoms with Crippen molar-refractivity contribution in [1.82, 2.24) is 19.9 Å². The topological polar surface area (TPSA) is 104 Å². The number of nitrogens with two attached hydrogens (primary N) is 2. The summed E-state index contributed by atoms with van der Waals surface area (Å²) in [5.74, 6) is 0. The maximum Gasteiger partial charge on any atom is 0.0996 e. The van der Waals surface area contributed by atoms with Gasteiger partial charge in [0.2, 0.25) is 0 Å². The van der Waals surface area contributed by atoms with Crippen molar-refractivity contribution >= 4 is 55.2 Å². The Hall–Kier alpha value is -4.32. The Morgan fingerprint density at radius 1 is 0.533 bits per heavy atom. The van der Waals surface area contributed by atoms with Crippen molar-refractivity contribution in [2.45, 2.75) is 0 Å². The van der Waals surface area contributed by atoms with Crippen LogP contribution < -0.4 is 11.5 Å². The Morgan fingerprint density at radius 2 is 1.13 bits per heavy atom. The van der Waals surface area contributed by atoms with E-state index in [1.54, 1.807) is 12.4 Å². The highest BCUT2D eigenvalue weighted by atomic mass is 14.8. The second kappa shape index (κ2) is 6.09. The summed E-state index contributed by atoms with van der Waals surface area (Å²) in [6, 6.07) is 19.6. The van der Waals surface area contributed by atoms with Crippen molar-refractivity contribution in [3.8, 4) is 11.1 Å². The molecule has 3 heterocycles. The van der Waals surface area contributed by atoms with Crippen molar-refractivity contribution in [2.24, 2.45) is 0 Å². The van der Waals surface area contributed by atoms with Crippen LogP contribution in [0.15, 0.2) is 73.1 Å². The molecule has 142 valence electrons. The fraction of sp³-hybridized carbons (Fsp3) is 0. The minimum absolute atomic E-state index is 0.563. The van der Waals surface area contributed by atoms with Gasteiger partial charge in [0.05, 0.1) is 44.5 Å². The Kier molecular flexibility index (Phi) is 3.37. The number of nitrogen functional groups attached to an aromatic ring is 2. The van der Waals surface area contributed by atoms with Crippen molar-refractivity contribution in [1.29, 1.82) is 0 Å². The second-order valence-electron chi connectivity index (χ2n) is 7.27. The number of nitrogens with zero attached hydrogens (tertiary/aromatic N) is 4. The maximum absolute atomic E-state index is 5.99. The molecule has 6 aromatic rings. The molecule has 0 aliphatic rings. The minimum atomic E-state index is 0.563. The van der Waals surface area contributed by atoms with Gasteiger partial charge in [0.1, 0.15) is 0 Å². The molecule has 0 aliphatic heterocycles. The zero-order valence-corrected chi connectivity index (χ0v) is 15.9. The van der Waals surface area contributed by atoms with Gasteiger partial charge >= 0.3 is 0 Å². The smallest absolute Gasteiger partial charge is 0.0996 e. The predicted octanol–water partition coefficient (Wildman–Crippen LogP) is 4.71. The SMILES string of the molecule is Nc1ccc(-c2ccc3nc4c5cccnc5c5ncccc5c4nc3c2)cc1N. The first-order valence-corrected chi connectivity index (χ1v) is 9.57. The third-order valence-electron chi connectivity index (χ3n) is 5.43. The van der Waals surface area contributed by atoms with Crippen LogP contribution in [0.1, 0.15) is 0 Å². The summed E-state index contributed by atoms with van der Waals surface area (Å²) in [6.07, 6.45) is 3.56. The van der Waals surface area contributed by atoms with Gasteiger partial charge in [0, 0.05) is 23.2 Å². The average Bonchev–Trinajstić information content (AvgIpc) is 2.79. The number of fused-ring (bicyclic) bond motifs is 7. The third kappa shape index (κ3) is 2.37. The molecule has 0 saturated heterocycles. The van der Waals surface area contributed by atoms with Crippen molar-refractivity contribution in [3.05, 3.63) is 73.1 Å². The van der Waals surface area contributed by atoms with Gasteiger partial charge in [-0.2, -0.15) is 0 Å². The van der Waals surface area contributed by atoms with E-state index < -0.39 is 0 Å². The van der Waals surface area contributed by atoms with Crippen LogP contribution in [0.25, 0.3) is 55.0 Å². The summed E-state index contributed by atoms with van der Waals surface area (Å²) in [7, 11) is 0. The molecular weight excluding hydrogens is 372 g/mol. The molecule has 0 atom stereocenters. The summed E-state index contributed by atoms with van der Waals surface area (Å²) in [4.78, 5) is 19.1. The lowest BCUT2D eigenvalue weighted by atomic mass is 10.0. The minimum Gasteiger partial charge on any atom is -0.397 e. The second-order valence-corrected chi connectivity index (χ2v) is 7.27. The molecule has 3 aromatic heterocycles. The number of benzene rings is 3. The molecule has 3 aromatic carbocycles. The maximum atomic E-state index is 5.99. The van der Waals surface area contributed by atoms with E-state index in [1.165, 1.54) is 0 Å². The van der Waals surface area contributed by atoms with Gasteiger partial charge in [-0.3, -0.25) is 9.97 Å². The van der Waals surface area contributed by atoms with E-state index in [2.05, 4.69) is 9.97 Å². The molecule has 0 unspecified atom stereocenters. The lowest BCUT2D eigenvalue weighted by Gasteiger charge is -2.10. The van der Waals surface area contributed by atoms with Gasteiger partial charge in [-0.15, -0.1) is 0 Å². The van der Waals surface area contributed by atoms with E-state index in [4.69, 9.17) is 21.4 Å². The summed E-state index contributed by atoms with van der Waals surface area (Å²) in [5.41, 5.74) is 19.9. The number of hydrogen-bond acceptors (Lipinski definition) is 6. The van der Waals surface area contributed by atoms with Gasteiger partial charge < -0.3 is 11.5 Å². The Bertz CT molecular complexity index is 1620. The fourth-order valence-electron chi connectivity index (χ4n) is 3.93. The Labute approximate surface area is 171 Å². The van der Waals surface area contributed by atoms with Crippen LogP contribution in [0.2, 0.25) is 0 Å². The standard InChI is InChI=1S/C24H16N6/c25-17-7-5-13(11-18(17)26)14-6-8-19-20(12-14)30-24-16-4-2-10-28-22(16)21-15(23(24)29-19)3-1-9-27-21/h1-12H,25-26H2. The normalized spacial score (nSPS) is 11.6. The molecule has 0 saturated carbocycles. The first-order chi connectivity index (χ1) is 14.7. The van der Waals surface area contributed by atoms with Crippen molar-refractivity contribution in [3.63, 3.8) is 0 Å². The first-order valence-electron chi connectivity index (χ1n) is 9.57. The van der Waals surface area contributed by atoms with Crippen molar-refractivity contribution < 1.29 is 0 Å². The lowest BCUT2D eigenvalue weighted by molar-refractivity contribution is 1.36. The molecule has 0 fully saturated rings. The summed E-state index contributed by atoms with van der Waals surface area (Å²) < 4.78 is 0. The van der Waals surface area contributed by atoms with Crippen molar-refractivity contribution in [2.75, 3.05) is 11.5 Å². The molecule has 0 spiro atoms. The number of hydrogen-bond donors (Lipinski definition) is 2. The number of aromatic nitrogens is 4. The molecule has 6 nitrogen and oxygen atoms in total. The molecule has 4 N–H and O–H groups in total. The molecule has 30 heavy (non-hydrogen) atoms. The van der Waals surface area contributed by atoms with Crippen LogP contribution in [0.3, 0.4) is 0 Å². The molecule has 6 rings (SSSR count). The Balaban J connectivity index is 1.70. The van der Waals surface area contributed by atoms with Gasteiger partial charge in [-0.25, -0.2) is 9.97 Å². The van der Waals surface area contributed by atoms with E-state index in [9.17, 15) is 0 Å². The largest absolute Gasteiger partial charge is 0.397 e.